The number of hydrogen-bond acceptors (Lipinski definition) is 5. The van der Waals surface area contributed by atoms with E-state index in [1.54, 1.807) is 33.8 Å². The van der Waals surface area contributed by atoms with Gasteiger partial charge >= 0.3 is 0 Å². The van der Waals surface area contributed by atoms with Crippen LogP contribution in [-0.2, 0) is 21.8 Å². The van der Waals surface area contributed by atoms with Gasteiger partial charge in [0.15, 0.2) is 5.13 Å². The molecule has 10 heteroatoms. The summed E-state index contributed by atoms with van der Waals surface area (Å²) >= 11 is 17.1. The van der Waals surface area contributed by atoms with Crippen molar-refractivity contribution in [3.8, 4) is 0 Å². The monoisotopic (exact) mass is 559 g/mol. The van der Waals surface area contributed by atoms with E-state index in [1.807, 2.05) is 29.6 Å². The van der Waals surface area contributed by atoms with Crippen LogP contribution in [0.1, 0.15) is 16.8 Å². The Hall–Kier alpha value is -1.16. The molecule has 2 aromatic carbocycles. The minimum absolute atomic E-state index is 0.336. The summed E-state index contributed by atoms with van der Waals surface area (Å²) in [5.74, 6) is 0. The summed E-state index contributed by atoms with van der Waals surface area (Å²) in [5.41, 5.74) is 3.00. The maximum atomic E-state index is 13.0. The molecule has 0 spiro atoms. The van der Waals surface area contributed by atoms with Gasteiger partial charge in [0, 0.05) is 53.4 Å². The number of rotatable bonds is 6. The first-order valence-electron chi connectivity index (χ1n) is 9.64. The average Bonchev–Trinajstić information content (AvgIpc) is 3.21. The van der Waals surface area contributed by atoms with Gasteiger partial charge in [-0.25, -0.2) is 13.4 Å². The van der Waals surface area contributed by atoms with Crippen LogP contribution in [0.25, 0.3) is 0 Å². The van der Waals surface area contributed by atoms with Gasteiger partial charge in [-0.05, 0) is 41.5 Å². The normalized spacial score (nSPS) is 15.4. The van der Waals surface area contributed by atoms with Crippen molar-refractivity contribution in [1.29, 1.82) is 0 Å². The molecule has 164 valence electrons. The number of anilines is 1. The molecule has 0 bridgehead atoms. The first kappa shape index (κ1) is 23.0. The Morgan fingerprint density at radius 2 is 1.61 bits per heavy atom. The van der Waals surface area contributed by atoms with Gasteiger partial charge in [-0.3, -0.25) is 0 Å². The van der Waals surface area contributed by atoms with Crippen molar-refractivity contribution in [3.63, 3.8) is 0 Å². The van der Waals surface area contributed by atoms with Gasteiger partial charge in [-0.1, -0.05) is 51.3 Å². The quantitative estimate of drug-likeness (QED) is 0.376. The van der Waals surface area contributed by atoms with Crippen molar-refractivity contribution in [2.45, 2.75) is 16.6 Å². The van der Waals surface area contributed by atoms with Gasteiger partial charge < -0.3 is 4.90 Å². The van der Waals surface area contributed by atoms with E-state index < -0.39 is 10.0 Å². The highest BCUT2D eigenvalue weighted by molar-refractivity contribution is 9.08. The summed E-state index contributed by atoms with van der Waals surface area (Å²) < 4.78 is 27.5. The summed E-state index contributed by atoms with van der Waals surface area (Å²) in [6.45, 7) is 2.08. The smallest absolute Gasteiger partial charge is 0.243 e. The largest absolute Gasteiger partial charge is 0.345 e. The molecule has 0 saturated carbocycles. The number of halogens is 3. The third-order valence-electron chi connectivity index (χ3n) is 5.07. The molecule has 0 amide bonds. The molecule has 5 nitrogen and oxygen atoms in total. The van der Waals surface area contributed by atoms with Crippen LogP contribution in [0.2, 0.25) is 10.0 Å². The molecule has 4 rings (SSSR count). The summed E-state index contributed by atoms with van der Waals surface area (Å²) in [4.78, 5) is 7.21. The first-order valence-corrected chi connectivity index (χ1v) is 13.8. The van der Waals surface area contributed by atoms with Crippen LogP contribution in [0.4, 0.5) is 5.13 Å². The van der Waals surface area contributed by atoms with Gasteiger partial charge in [0.2, 0.25) is 10.0 Å². The molecule has 0 radical (unpaired) electrons. The summed E-state index contributed by atoms with van der Waals surface area (Å²) in [7, 11) is -3.49. The first-order chi connectivity index (χ1) is 14.8. The maximum absolute atomic E-state index is 13.0. The Morgan fingerprint density at radius 3 is 2.23 bits per heavy atom. The molecular weight excluding hydrogens is 541 g/mol. The van der Waals surface area contributed by atoms with E-state index in [4.69, 9.17) is 28.2 Å². The second-order valence-electron chi connectivity index (χ2n) is 7.24. The molecule has 0 unspecified atom stereocenters. The number of aromatic nitrogens is 1. The zero-order valence-corrected chi connectivity index (χ0v) is 21.2. The van der Waals surface area contributed by atoms with Crippen molar-refractivity contribution >= 4 is 65.6 Å². The van der Waals surface area contributed by atoms with Crippen LogP contribution < -0.4 is 4.90 Å². The standard InChI is InChI=1S/C21H20BrCl2N3O2S2/c22-13-15-1-3-20(4-2-15)31(28,29)27-7-5-26(6-8-27)21-25-19(14-30-21)11-16-9-17(23)12-18(24)10-16/h1-4,9-10,12,14H,5-8,11,13H2. The molecule has 0 N–H and O–H groups in total. The van der Waals surface area contributed by atoms with Gasteiger partial charge in [0.25, 0.3) is 0 Å². The number of sulfonamides is 1. The number of benzene rings is 2. The van der Waals surface area contributed by atoms with E-state index in [9.17, 15) is 8.42 Å². The summed E-state index contributed by atoms with van der Waals surface area (Å²) in [6.07, 6.45) is 0.648. The second-order valence-corrected chi connectivity index (χ2v) is 11.5. The minimum atomic E-state index is -3.49. The highest BCUT2D eigenvalue weighted by Gasteiger charge is 2.29. The molecule has 0 aliphatic carbocycles. The molecule has 1 fully saturated rings. The average molecular weight is 561 g/mol. The molecule has 3 aromatic rings. The third kappa shape index (κ3) is 5.43. The van der Waals surface area contributed by atoms with E-state index >= 15 is 0 Å². The lowest BCUT2D eigenvalue weighted by Crippen LogP contribution is -2.48. The minimum Gasteiger partial charge on any atom is -0.345 e. The van der Waals surface area contributed by atoms with Crippen molar-refractivity contribution in [3.05, 3.63) is 74.7 Å². The molecule has 1 aliphatic heterocycles. The summed E-state index contributed by atoms with van der Waals surface area (Å²) in [5, 5.41) is 4.85. The molecule has 0 atom stereocenters. The molecule has 1 aliphatic rings. The van der Waals surface area contributed by atoms with Gasteiger partial charge in [-0.2, -0.15) is 4.31 Å². The number of piperazine rings is 1. The lowest BCUT2D eigenvalue weighted by Gasteiger charge is -2.33. The van der Waals surface area contributed by atoms with Crippen molar-refractivity contribution < 1.29 is 8.42 Å². The Morgan fingerprint density at radius 1 is 0.968 bits per heavy atom. The number of thiazole rings is 1. The lowest BCUT2D eigenvalue weighted by atomic mass is 10.1. The third-order valence-corrected chi connectivity index (χ3v) is 9.02. The van der Waals surface area contributed by atoms with Crippen LogP contribution in [-0.4, -0.2) is 43.9 Å². The Kier molecular flexibility index (Phi) is 7.25. The number of nitrogens with zero attached hydrogens (tertiary/aromatic N) is 3. The number of alkyl halides is 1. The van der Waals surface area contributed by atoms with Crippen LogP contribution in [0.5, 0.6) is 0 Å². The van der Waals surface area contributed by atoms with E-state index in [-0.39, 0.29) is 0 Å². The van der Waals surface area contributed by atoms with Crippen LogP contribution in [0, 0.1) is 0 Å². The van der Waals surface area contributed by atoms with E-state index in [1.165, 1.54) is 0 Å². The zero-order valence-electron chi connectivity index (χ0n) is 16.5. The Bertz CT molecular complexity index is 1140. The van der Waals surface area contributed by atoms with Crippen LogP contribution in [0.15, 0.2) is 52.7 Å². The molecule has 2 heterocycles. The fraction of sp³-hybridized carbons (Fsp3) is 0.286. The Labute approximate surface area is 204 Å². The van der Waals surface area contributed by atoms with Crippen LogP contribution >= 0.6 is 50.5 Å². The lowest BCUT2D eigenvalue weighted by molar-refractivity contribution is 0.384. The van der Waals surface area contributed by atoms with E-state index in [2.05, 4.69) is 20.8 Å². The molecular formula is C21H20BrCl2N3O2S2. The topological polar surface area (TPSA) is 53.5 Å². The zero-order chi connectivity index (χ0) is 22.0. The van der Waals surface area contributed by atoms with Gasteiger partial charge in [0.1, 0.15) is 0 Å². The molecule has 1 saturated heterocycles. The van der Waals surface area contributed by atoms with Gasteiger partial charge in [0.05, 0.1) is 10.6 Å². The van der Waals surface area contributed by atoms with Crippen molar-refractivity contribution in [2.75, 3.05) is 31.1 Å². The number of hydrogen-bond donors (Lipinski definition) is 0. The molecule has 31 heavy (non-hydrogen) atoms. The second kappa shape index (κ2) is 9.77. The highest BCUT2D eigenvalue weighted by Crippen LogP contribution is 2.27. The van der Waals surface area contributed by atoms with E-state index in [0.717, 1.165) is 22.0 Å². The van der Waals surface area contributed by atoms with Crippen LogP contribution in [0.3, 0.4) is 0 Å². The Balaban J connectivity index is 1.39. The van der Waals surface area contributed by atoms with E-state index in [0.29, 0.717) is 52.9 Å². The maximum Gasteiger partial charge on any atom is 0.243 e. The summed E-state index contributed by atoms with van der Waals surface area (Å²) in [6, 6.07) is 12.5. The highest BCUT2D eigenvalue weighted by atomic mass is 79.9. The predicted octanol–water partition coefficient (Wildman–Crippen LogP) is 5.45. The fourth-order valence-electron chi connectivity index (χ4n) is 3.46. The van der Waals surface area contributed by atoms with Crippen molar-refractivity contribution in [2.24, 2.45) is 0 Å². The molecule has 1 aromatic heterocycles. The fourth-order valence-corrected chi connectivity index (χ4v) is 6.71. The van der Waals surface area contributed by atoms with Gasteiger partial charge in [-0.15, -0.1) is 11.3 Å². The SMILES string of the molecule is O=S(=O)(c1ccc(CBr)cc1)N1CCN(c2nc(Cc3cc(Cl)cc(Cl)c3)cs2)CC1. The predicted molar refractivity (Wildman–Crippen MR) is 131 cm³/mol. The van der Waals surface area contributed by atoms with Crippen molar-refractivity contribution in [1.82, 2.24) is 9.29 Å².